The molecule has 17 heteroatoms. The summed E-state index contributed by atoms with van der Waals surface area (Å²) >= 11 is 5.00. The van der Waals surface area contributed by atoms with Gasteiger partial charge in [0.15, 0.2) is 9.47 Å². The van der Waals surface area contributed by atoms with E-state index in [4.69, 9.17) is 10.6 Å². The molecule has 0 bridgehead atoms. The highest BCUT2D eigenvalue weighted by Crippen LogP contribution is 2.41. The van der Waals surface area contributed by atoms with Crippen molar-refractivity contribution in [3.63, 3.8) is 0 Å². The second kappa shape index (κ2) is 11.2. The number of hydrogen-bond donors (Lipinski definition) is 3. The number of carboxylic acid groups (broad SMARTS) is 1. The van der Waals surface area contributed by atoms with Crippen LogP contribution < -0.4 is 11.1 Å². The van der Waals surface area contributed by atoms with Gasteiger partial charge in [0.1, 0.15) is 28.7 Å². The number of carbonyl (C=O) groups is 3. The SMILES string of the molecule is Nc1nc(/C(=N/OC2CC=CCC2)C(=O)NC2C(=O)N3C(C(=O)O)=C(CSc4nncs4)CS[C@H]23)ns1. The summed E-state index contributed by atoms with van der Waals surface area (Å²) in [6.45, 7) is 0. The number of β-lactam (4-membered cyclic amide) rings is 1. The van der Waals surface area contributed by atoms with Crippen molar-refractivity contribution >= 4 is 75.0 Å². The normalized spacial score (nSPS) is 23.5. The number of carbonyl (C=O) groups excluding carboxylic acids is 2. The fourth-order valence-electron chi connectivity index (χ4n) is 3.88. The largest absolute Gasteiger partial charge is 0.477 e. The molecule has 4 heterocycles. The third kappa shape index (κ3) is 5.48. The van der Waals surface area contributed by atoms with Crippen molar-refractivity contribution in [3.05, 3.63) is 34.8 Å². The molecule has 2 aromatic heterocycles. The number of aromatic nitrogens is 4. The van der Waals surface area contributed by atoms with Gasteiger partial charge in [-0.25, -0.2) is 4.79 Å². The second-order valence-electron chi connectivity index (χ2n) is 8.02. The van der Waals surface area contributed by atoms with E-state index in [1.54, 1.807) is 5.51 Å². The molecule has 0 radical (unpaired) electrons. The van der Waals surface area contributed by atoms with E-state index >= 15 is 0 Å². The highest BCUT2D eigenvalue weighted by Gasteiger charge is 2.54. The molecule has 2 aliphatic heterocycles. The lowest BCUT2D eigenvalue weighted by Crippen LogP contribution is -2.71. The van der Waals surface area contributed by atoms with E-state index in [1.807, 2.05) is 6.08 Å². The minimum absolute atomic E-state index is 0.00612. The molecule has 2 amide bonds. The van der Waals surface area contributed by atoms with E-state index in [-0.39, 0.29) is 28.5 Å². The number of hydrogen-bond acceptors (Lipinski definition) is 14. The number of anilines is 1. The number of nitrogens with zero attached hydrogens (tertiary/aromatic N) is 6. The fourth-order valence-corrected chi connectivity index (χ4v) is 7.29. The summed E-state index contributed by atoms with van der Waals surface area (Å²) in [5, 5.41) is 23.8. The van der Waals surface area contributed by atoms with Crippen LogP contribution in [-0.4, -0.2) is 82.1 Å². The molecule has 4 N–H and O–H groups in total. The zero-order valence-corrected chi connectivity index (χ0v) is 22.2. The van der Waals surface area contributed by atoms with Crippen LogP contribution in [0.5, 0.6) is 0 Å². The van der Waals surface area contributed by atoms with Crippen molar-refractivity contribution in [2.75, 3.05) is 17.2 Å². The number of nitrogens with one attached hydrogen (secondary N) is 1. The van der Waals surface area contributed by atoms with Crippen LogP contribution in [0.15, 0.2) is 38.4 Å². The van der Waals surface area contributed by atoms with Crippen molar-refractivity contribution in [2.45, 2.75) is 41.1 Å². The topological polar surface area (TPSA) is 186 Å². The lowest BCUT2D eigenvalue weighted by Gasteiger charge is -2.49. The molecule has 0 spiro atoms. The van der Waals surface area contributed by atoms with Gasteiger partial charge < -0.3 is 21.0 Å². The first-order chi connectivity index (χ1) is 17.9. The zero-order chi connectivity index (χ0) is 25.9. The van der Waals surface area contributed by atoms with Crippen molar-refractivity contribution in [3.8, 4) is 0 Å². The molecular formula is C20H20N8O5S4. The Morgan fingerprint density at radius 3 is 2.92 bits per heavy atom. The lowest BCUT2D eigenvalue weighted by molar-refractivity contribution is -0.150. The monoisotopic (exact) mass is 580 g/mol. The number of amides is 2. The van der Waals surface area contributed by atoms with Crippen LogP contribution in [0, 0.1) is 0 Å². The van der Waals surface area contributed by atoms with Crippen LogP contribution in [0.1, 0.15) is 25.1 Å². The molecule has 13 nitrogen and oxygen atoms in total. The summed E-state index contributed by atoms with van der Waals surface area (Å²) in [5.74, 6) is -1.69. The minimum atomic E-state index is -1.20. The van der Waals surface area contributed by atoms with Gasteiger partial charge in [0.05, 0.1) is 0 Å². The smallest absolute Gasteiger partial charge is 0.352 e. The molecular weight excluding hydrogens is 561 g/mol. The number of rotatable bonds is 9. The van der Waals surface area contributed by atoms with E-state index < -0.39 is 29.2 Å². The third-order valence-electron chi connectivity index (χ3n) is 5.63. The van der Waals surface area contributed by atoms with Gasteiger partial charge in [-0.15, -0.1) is 22.0 Å². The van der Waals surface area contributed by atoms with Gasteiger partial charge in [-0.05, 0) is 18.4 Å². The van der Waals surface area contributed by atoms with E-state index in [0.29, 0.717) is 27.8 Å². The highest BCUT2D eigenvalue weighted by atomic mass is 32.2. The van der Waals surface area contributed by atoms with Crippen LogP contribution in [0.2, 0.25) is 0 Å². The number of nitrogen functional groups attached to an aromatic ring is 1. The van der Waals surface area contributed by atoms with Crippen molar-refractivity contribution in [2.24, 2.45) is 5.16 Å². The highest BCUT2D eigenvalue weighted by molar-refractivity contribution is 8.01. The maximum absolute atomic E-state index is 13.2. The molecule has 0 aromatic carbocycles. The maximum Gasteiger partial charge on any atom is 0.352 e. The number of carboxylic acids is 1. The molecule has 1 saturated heterocycles. The molecule has 3 atom stereocenters. The molecule has 1 aliphatic carbocycles. The third-order valence-corrected chi connectivity index (χ3v) is 9.46. The summed E-state index contributed by atoms with van der Waals surface area (Å²) < 4.78 is 4.77. The van der Waals surface area contributed by atoms with Gasteiger partial charge in [0.25, 0.3) is 11.8 Å². The summed E-state index contributed by atoms with van der Waals surface area (Å²) in [6.07, 6.45) is 6.09. The van der Waals surface area contributed by atoms with E-state index in [1.165, 1.54) is 39.8 Å². The molecule has 37 heavy (non-hydrogen) atoms. The van der Waals surface area contributed by atoms with Crippen molar-refractivity contribution < 1.29 is 24.3 Å². The van der Waals surface area contributed by atoms with Gasteiger partial charge in [-0.2, -0.15) is 9.36 Å². The Balaban J connectivity index is 1.30. The first kappa shape index (κ1) is 25.6. The number of allylic oxidation sites excluding steroid dienone is 1. The number of oxime groups is 1. The second-order valence-corrected chi connectivity index (χ2v) is 12.0. The van der Waals surface area contributed by atoms with Gasteiger partial charge in [-0.1, -0.05) is 40.4 Å². The minimum Gasteiger partial charge on any atom is -0.477 e. The average Bonchev–Trinajstić information content (AvgIpc) is 3.58. The quantitative estimate of drug-likeness (QED) is 0.127. The number of fused-ring (bicyclic) bond motifs is 1. The van der Waals surface area contributed by atoms with E-state index in [9.17, 15) is 19.5 Å². The first-order valence-corrected chi connectivity index (χ1v) is 14.7. The van der Waals surface area contributed by atoms with Gasteiger partial charge >= 0.3 is 5.97 Å². The summed E-state index contributed by atoms with van der Waals surface area (Å²) in [7, 11) is 0. The Hall–Kier alpha value is -3.02. The Kier molecular flexibility index (Phi) is 7.73. The van der Waals surface area contributed by atoms with Crippen LogP contribution >= 0.6 is 46.4 Å². The summed E-state index contributed by atoms with van der Waals surface area (Å²) in [5.41, 5.74) is 7.63. The summed E-state index contributed by atoms with van der Waals surface area (Å²) in [4.78, 5) is 49.1. The molecule has 3 aliphatic rings. The lowest BCUT2D eigenvalue weighted by atomic mass is 10.0. The van der Waals surface area contributed by atoms with Crippen LogP contribution in [0.3, 0.4) is 0 Å². The molecule has 5 rings (SSSR count). The molecule has 0 saturated carbocycles. The molecule has 1 fully saturated rings. The molecule has 2 aromatic rings. The van der Waals surface area contributed by atoms with Gasteiger partial charge in [0, 0.05) is 29.5 Å². The Morgan fingerprint density at radius 1 is 1.38 bits per heavy atom. The number of aliphatic carboxylic acids is 1. The van der Waals surface area contributed by atoms with Gasteiger partial charge in [0.2, 0.25) is 11.5 Å². The van der Waals surface area contributed by atoms with Crippen LogP contribution in [-0.2, 0) is 19.2 Å². The van der Waals surface area contributed by atoms with E-state index in [2.05, 4.69) is 36.1 Å². The maximum atomic E-state index is 13.2. The predicted molar refractivity (Wildman–Crippen MR) is 139 cm³/mol. The fraction of sp³-hybridized carbons (Fsp3) is 0.400. The Morgan fingerprint density at radius 2 is 2.24 bits per heavy atom. The van der Waals surface area contributed by atoms with Crippen molar-refractivity contribution in [1.29, 1.82) is 0 Å². The number of nitrogens with two attached hydrogens (primary N) is 1. The Labute approximate surface area is 226 Å². The average molecular weight is 581 g/mol. The number of thioether (sulfide) groups is 2. The summed E-state index contributed by atoms with van der Waals surface area (Å²) in [6, 6.07) is -0.942. The first-order valence-electron chi connectivity index (χ1n) is 11.0. The van der Waals surface area contributed by atoms with Crippen molar-refractivity contribution in [1.82, 2.24) is 29.8 Å². The predicted octanol–water partition coefficient (Wildman–Crippen LogP) is 1.33. The Bertz CT molecular complexity index is 1290. The van der Waals surface area contributed by atoms with Crippen LogP contribution in [0.4, 0.5) is 5.13 Å². The van der Waals surface area contributed by atoms with Gasteiger partial charge in [-0.3, -0.25) is 14.5 Å². The zero-order valence-electron chi connectivity index (χ0n) is 19.0. The standard InChI is InChI=1S/C20H20N8O5S4/c21-19-24-14(27-37-19)11(26-33-10-4-2-1-3-5-10)15(29)23-12-16(30)28-13(18(31)32)9(6-34-17(12)28)7-35-20-25-22-8-36-20/h1-2,8,10,12,17H,3-7H2,(H,23,29)(H,31,32)(H2,21,24,27)/b26-11-/t10?,12?,17-/m1/s1. The van der Waals surface area contributed by atoms with E-state index in [0.717, 1.165) is 24.4 Å². The van der Waals surface area contributed by atoms with Crippen LogP contribution in [0.25, 0.3) is 0 Å². The molecule has 194 valence electrons. The molecule has 2 unspecified atom stereocenters.